The molecule has 0 aromatic carbocycles. The minimum Gasteiger partial charge on any atom is -0.396 e. The van der Waals surface area contributed by atoms with Crippen molar-refractivity contribution in [3.8, 4) is 11.3 Å². The second kappa shape index (κ2) is 7.44. The Hall–Kier alpha value is -1.80. The summed E-state index contributed by atoms with van der Waals surface area (Å²) < 4.78 is 40.0. The number of hydrogen-bond acceptors (Lipinski definition) is 4. The molecule has 1 saturated carbocycles. The highest BCUT2D eigenvalue weighted by Crippen LogP contribution is 2.36. The highest BCUT2D eigenvalue weighted by molar-refractivity contribution is 6.29. The van der Waals surface area contributed by atoms with Crippen molar-refractivity contribution in [2.45, 2.75) is 37.9 Å². The van der Waals surface area contributed by atoms with E-state index in [1.807, 2.05) is 0 Å². The molecule has 0 amide bonds. The molecule has 0 aliphatic heterocycles. The number of nitrogens with zero attached hydrogens (tertiary/aromatic N) is 3. The Bertz CT molecular complexity index is 778. The lowest BCUT2D eigenvalue weighted by Gasteiger charge is -2.30. The van der Waals surface area contributed by atoms with Gasteiger partial charge >= 0.3 is 6.18 Å². The van der Waals surface area contributed by atoms with Gasteiger partial charge in [-0.3, -0.25) is 4.68 Å². The van der Waals surface area contributed by atoms with Crippen molar-refractivity contribution in [1.82, 2.24) is 14.8 Å². The van der Waals surface area contributed by atoms with Gasteiger partial charge in [-0.2, -0.15) is 18.3 Å². The maximum absolute atomic E-state index is 13.1. The highest BCUT2D eigenvalue weighted by Gasteiger charge is 2.35. The van der Waals surface area contributed by atoms with Crippen LogP contribution in [-0.2, 0) is 13.2 Å². The van der Waals surface area contributed by atoms with Crippen LogP contribution >= 0.6 is 11.6 Å². The number of anilines is 1. The largest absolute Gasteiger partial charge is 0.433 e. The molecule has 0 radical (unpaired) electrons. The fraction of sp³-hybridized carbons (Fsp3) is 0.529. The number of nitrogens with one attached hydrogen (secondary N) is 1. The van der Waals surface area contributed by atoms with E-state index in [1.165, 1.54) is 13.2 Å². The monoisotopic (exact) mass is 388 g/mol. The summed E-state index contributed by atoms with van der Waals surface area (Å²) in [6.07, 6.45) is 0.634. The summed E-state index contributed by atoms with van der Waals surface area (Å²) in [4.78, 5) is 4.00. The molecule has 5 nitrogen and oxygen atoms in total. The van der Waals surface area contributed by atoms with Crippen LogP contribution in [-0.4, -0.2) is 32.5 Å². The van der Waals surface area contributed by atoms with Gasteiger partial charge in [0.1, 0.15) is 10.8 Å². The van der Waals surface area contributed by atoms with Crippen molar-refractivity contribution in [3.05, 3.63) is 29.2 Å². The standard InChI is InChI=1S/C17H20ClF3N4O/c1-25-15(17(19,20)21)6-14(24-25)12-8-22-16(18)7-13(12)23-11-4-2-3-10(5-11)9-26/h6-8,10-11,26H,2-5,9H2,1H3,(H,22,23)/t10-,11-/m0/s1. The molecule has 0 saturated heterocycles. The fourth-order valence-corrected chi connectivity index (χ4v) is 3.58. The molecule has 1 aliphatic rings. The average molecular weight is 389 g/mol. The maximum atomic E-state index is 13.1. The zero-order valence-electron chi connectivity index (χ0n) is 14.2. The van der Waals surface area contributed by atoms with Crippen LogP contribution in [0.3, 0.4) is 0 Å². The van der Waals surface area contributed by atoms with Gasteiger partial charge < -0.3 is 10.4 Å². The number of aliphatic hydroxyl groups excluding tert-OH is 1. The number of halogens is 4. The van der Waals surface area contributed by atoms with E-state index >= 15 is 0 Å². The molecule has 9 heteroatoms. The first-order valence-corrected chi connectivity index (χ1v) is 8.80. The SMILES string of the molecule is Cn1nc(-c2cnc(Cl)cc2N[C@H]2CCC[C@H](CO)C2)cc1C(F)(F)F. The number of pyridine rings is 1. The lowest BCUT2D eigenvalue weighted by molar-refractivity contribution is -0.143. The summed E-state index contributed by atoms with van der Waals surface area (Å²) in [6, 6.07) is 2.72. The second-order valence-corrected chi connectivity index (χ2v) is 7.03. The summed E-state index contributed by atoms with van der Waals surface area (Å²) in [5, 5.41) is 17.0. The number of alkyl halides is 3. The Morgan fingerprint density at radius 2 is 2.12 bits per heavy atom. The topological polar surface area (TPSA) is 63.0 Å². The van der Waals surface area contributed by atoms with Crippen LogP contribution in [0.4, 0.5) is 18.9 Å². The smallest absolute Gasteiger partial charge is 0.396 e. The fourth-order valence-electron chi connectivity index (χ4n) is 3.43. The zero-order chi connectivity index (χ0) is 18.9. The van der Waals surface area contributed by atoms with E-state index in [1.54, 1.807) is 6.07 Å². The highest BCUT2D eigenvalue weighted by atomic mass is 35.5. The number of aliphatic hydroxyl groups is 1. The maximum Gasteiger partial charge on any atom is 0.433 e. The van der Waals surface area contributed by atoms with Crippen LogP contribution in [0.15, 0.2) is 18.3 Å². The molecular formula is C17H20ClF3N4O. The molecule has 0 bridgehead atoms. The van der Waals surface area contributed by atoms with Crippen molar-refractivity contribution in [1.29, 1.82) is 0 Å². The van der Waals surface area contributed by atoms with Gasteiger partial charge in [-0.15, -0.1) is 0 Å². The quantitative estimate of drug-likeness (QED) is 0.773. The average Bonchev–Trinajstić information content (AvgIpc) is 2.97. The lowest BCUT2D eigenvalue weighted by Crippen LogP contribution is -2.29. The molecule has 0 spiro atoms. The van der Waals surface area contributed by atoms with Gasteiger partial charge in [0, 0.05) is 37.1 Å². The lowest BCUT2D eigenvalue weighted by atomic mass is 9.86. The van der Waals surface area contributed by atoms with Crippen molar-refractivity contribution in [3.63, 3.8) is 0 Å². The van der Waals surface area contributed by atoms with Crippen LogP contribution in [0.5, 0.6) is 0 Å². The molecule has 2 N–H and O–H groups in total. The Morgan fingerprint density at radius 3 is 2.77 bits per heavy atom. The second-order valence-electron chi connectivity index (χ2n) is 6.65. The van der Waals surface area contributed by atoms with Crippen LogP contribution < -0.4 is 5.32 Å². The van der Waals surface area contributed by atoms with Gasteiger partial charge in [0.15, 0.2) is 0 Å². The Balaban J connectivity index is 1.91. The predicted molar refractivity (Wildman–Crippen MR) is 92.9 cm³/mol. The minimum atomic E-state index is -4.48. The number of hydrogen-bond donors (Lipinski definition) is 2. The summed E-state index contributed by atoms with van der Waals surface area (Å²) in [5.74, 6) is 0.230. The molecule has 142 valence electrons. The van der Waals surface area contributed by atoms with Gasteiger partial charge in [0.2, 0.25) is 0 Å². The van der Waals surface area contributed by atoms with Crippen molar-refractivity contribution < 1.29 is 18.3 Å². The number of rotatable bonds is 4. The molecule has 1 fully saturated rings. The van der Waals surface area contributed by atoms with Crippen molar-refractivity contribution in [2.75, 3.05) is 11.9 Å². The van der Waals surface area contributed by atoms with Crippen LogP contribution in [0.25, 0.3) is 11.3 Å². The van der Waals surface area contributed by atoms with Gasteiger partial charge in [0.05, 0.1) is 5.69 Å². The molecule has 2 aromatic rings. The van der Waals surface area contributed by atoms with E-state index in [0.29, 0.717) is 11.3 Å². The van der Waals surface area contributed by atoms with E-state index in [0.717, 1.165) is 36.4 Å². The van der Waals surface area contributed by atoms with Gasteiger partial charge in [-0.1, -0.05) is 18.0 Å². The van der Waals surface area contributed by atoms with E-state index in [2.05, 4.69) is 15.4 Å². The summed E-state index contributed by atoms with van der Waals surface area (Å²) in [7, 11) is 1.26. The first-order chi connectivity index (χ1) is 12.3. The summed E-state index contributed by atoms with van der Waals surface area (Å²) >= 11 is 5.99. The van der Waals surface area contributed by atoms with Crippen molar-refractivity contribution in [2.24, 2.45) is 13.0 Å². The molecular weight excluding hydrogens is 369 g/mol. The zero-order valence-corrected chi connectivity index (χ0v) is 15.0. The van der Waals surface area contributed by atoms with Gasteiger partial charge in [-0.05, 0) is 37.3 Å². The number of aromatic nitrogens is 3. The Labute approximate surface area is 154 Å². The first-order valence-electron chi connectivity index (χ1n) is 8.42. The van der Waals surface area contributed by atoms with Gasteiger partial charge in [-0.25, -0.2) is 4.98 Å². The van der Waals surface area contributed by atoms with E-state index in [-0.39, 0.29) is 29.4 Å². The Morgan fingerprint density at radius 1 is 1.35 bits per heavy atom. The number of aryl methyl sites for hydroxylation is 1. The molecule has 0 unspecified atom stereocenters. The summed E-state index contributed by atoms with van der Waals surface area (Å²) in [5.41, 5.74) is 0.416. The molecule has 3 rings (SSSR count). The van der Waals surface area contributed by atoms with E-state index in [4.69, 9.17) is 11.6 Å². The third-order valence-electron chi connectivity index (χ3n) is 4.72. The summed E-state index contributed by atoms with van der Waals surface area (Å²) in [6.45, 7) is 0.136. The van der Waals surface area contributed by atoms with Crippen LogP contribution in [0, 0.1) is 5.92 Å². The Kier molecular flexibility index (Phi) is 5.43. The normalized spacial score (nSPS) is 21.0. The van der Waals surface area contributed by atoms with Crippen LogP contribution in [0.2, 0.25) is 5.15 Å². The molecule has 2 heterocycles. The van der Waals surface area contributed by atoms with Gasteiger partial charge in [0.25, 0.3) is 0 Å². The van der Waals surface area contributed by atoms with E-state index < -0.39 is 11.9 Å². The third kappa shape index (κ3) is 4.12. The van der Waals surface area contributed by atoms with Crippen molar-refractivity contribution >= 4 is 17.3 Å². The molecule has 26 heavy (non-hydrogen) atoms. The molecule has 2 atom stereocenters. The van der Waals surface area contributed by atoms with Crippen LogP contribution in [0.1, 0.15) is 31.4 Å². The predicted octanol–water partition coefficient (Wildman–Crippen LogP) is 4.12. The minimum absolute atomic E-state index is 0.115. The first kappa shape index (κ1) is 19.0. The third-order valence-corrected chi connectivity index (χ3v) is 4.92. The van der Waals surface area contributed by atoms with E-state index in [9.17, 15) is 18.3 Å². The molecule has 1 aliphatic carbocycles. The molecule has 2 aromatic heterocycles.